The number of nitrogens with one attached hydrogen (secondary N) is 1. The van der Waals surface area contributed by atoms with E-state index in [4.69, 9.17) is 11.6 Å². The monoisotopic (exact) mass is 238 g/mol. The van der Waals surface area contributed by atoms with Gasteiger partial charge in [0.1, 0.15) is 0 Å². The van der Waals surface area contributed by atoms with Crippen LogP contribution in [0.4, 0.5) is 0 Å². The SMILES string of the molecule is O=C(Cl)CNN1C(=O)c2ccccc2C1=O. The molecule has 0 unspecified atom stereocenters. The van der Waals surface area contributed by atoms with E-state index in [1.54, 1.807) is 24.3 Å². The fourth-order valence-corrected chi connectivity index (χ4v) is 1.53. The minimum atomic E-state index is -0.670. The first kappa shape index (κ1) is 10.8. The predicted molar refractivity (Wildman–Crippen MR) is 55.8 cm³/mol. The van der Waals surface area contributed by atoms with Crippen molar-refractivity contribution >= 4 is 28.7 Å². The van der Waals surface area contributed by atoms with Crippen LogP contribution in [0, 0.1) is 0 Å². The summed E-state index contributed by atoms with van der Waals surface area (Å²) in [6, 6.07) is 6.44. The van der Waals surface area contributed by atoms with Crippen molar-refractivity contribution in [1.29, 1.82) is 0 Å². The maximum absolute atomic E-state index is 11.7. The zero-order valence-electron chi connectivity index (χ0n) is 8.07. The van der Waals surface area contributed by atoms with Gasteiger partial charge in [-0.15, -0.1) is 0 Å². The summed E-state index contributed by atoms with van der Waals surface area (Å²) in [5, 5.41) is 0.127. The second kappa shape index (κ2) is 4.03. The van der Waals surface area contributed by atoms with Crippen molar-refractivity contribution in [1.82, 2.24) is 10.4 Å². The summed E-state index contributed by atoms with van der Waals surface area (Å²) in [4.78, 5) is 34.0. The molecule has 0 bridgehead atoms. The van der Waals surface area contributed by atoms with Gasteiger partial charge in [-0.3, -0.25) is 14.4 Å². The number of nitrogens with zero attached hydrogens (tertiary/aromatic N) is 1. The number of rotatable bonds is 3. The fraction of sp³-hybridized carbons (Fsp3) is 0.100. The third-order valence-corrected chi connectivity index (χ3v) is 2.30. The van der Waals surface area contributed by atoms with Crippen LogP contribution in [0.5, 0.6) is 0 Å². The van der Waals surface area contributed by atoms with Crippen LogP contribution in [0.3, 0.4) is 0 Å². The highest BCUT2D eigenvalue weighted by molar-refractivity contribution is 6.64. The molecule has 2 rings (SSSR count). The molecule has 0 aliphatic carbocycles. The molecule has 5 nitrogen and oxygen atoms in total. The van der Waals surface area contributed by atoms with Crippen LogP contribution in [0.1, 0.15) is 20.7 Å². The molecule has 0 saturated heterocycles. The van der Waals surface area contributed by atoms with Crippen molar-refractivity contribution in [3.63, 3.8) is 0 Å². The molecule has 0 fully saturated rings. The molecule has 0 spiro atoms. The van der Waals surface area contributed by atoms with E-state index in [9.17, 15) is 14.4 Å². The molecule has 1 aliphatic heterocycles. The number of carbonyl (C=O) groups is 3. The fourth-order valence-electron chi connectivity index (χ4n) is 1.47. The molecule has 16 heavy (non-hydrogen) atoms. The molecule has 6 heteroatoms. The zero-order chi connectivity index (χ0) is 11.7. The van der Waals surface area contributed by atoms with Crippen LogP contribution < -0.4 is 5.43 Å². The number of amides is 2. The number of benzene rings is 1. The largest absolute Gasteiger partial charge is 0.280 e. The van der Waals surface area contributed by atoms with Crippen LogP contribution in [0.25, 0.3) is 0 Å². The lowest BCUT2D eigenvalue weighted by atomic mass is 10.1. The summed E-state index contributed by atoms with van der Waals surface area (Å²) in [7, 11) is 0. The number of fused-ring (bicyclic) bond motifs is 1. The highest BCUT2D eigenvalue weighted by Crippen LogP contribution is 2.20. The highest BCUT2D eigenvalue weighted by Gasteiger charge is 2.35. The van der Waals surface area contributed by atoms with E-state index in [1.807, 2.05) is 0 Å². The standard InChI is InChI=1S/C10H7ClN2O3/c11-8(14)5-12-13-9(15)6-3-1-2-4-7(6)10(13)16/h1-4,12H,5H2. The predicted octanol–water partition coefficient (Wildman–Crippen LogP) is 0.553. The van der Waals surface area contributed by atoms with Crippen LogP contribution in [-0.2, 0) is 4.79 Å². The first-order valence-corrected chi connectivity index (χ1v) is 4.88. The van der Waals surface area contributed by atoms with Crippen molar-refractivity contribution in [3.8, 4) is 0 Å². The van der Waals surface area contributed by atoms with Crippen molar-refractivity contribution < 1.29 is 14.4 Å². The molecule has 1 aromatic carbocycles. The Morgan fingerprint density at radius 3 is 2.12 bits per heavy atom. The molecule has 0 saturated carbocycles. The topological polar surface area (TPSA) is 66.5 Å². The van der Waals surface area contributed by atoms with E-state index in [0.717, 1.165) is 5.01 Å². The quantitative estimate of drug-likeness (QED) is 0.617. The number of hydrogen-bond donors (Lipinski definition) is 1. The Morgan fingerprint density at radius 2 is 1.69 bits per heavy atom. The van der Waals surface area contributed by atoms with E-state index < -0.39 is 17.1 Å². The van der Waals surface area contributed by atoms with Crippen LogP contribution in [0.2, 0.25) is 0 Å². The van der Waals surface area contributed by atoms with Gasteiger partial charge in [0.2, 0.25) is 5.24 Å². The maximum Gasteiger partial charge on any atom is 0.276 e. The van der Waals surface area contributed by atoms with Gasteiger partial charge in [0.15, 0.2) is 0 Å². The molecular weight excluding hydrogens is 232 g/mol. The van der Waals surface area contributed by atoms with E-state index >= 15 is 0 Å². The lowest BCUT2D eigenvalue weighted by molar-refractivity contribution is -0.111. The van der Waals surface area contributed by atoms with E-state index in [1.165, 1.54) is 0 Å². The molecular formula is C10H7ClN2O3. The third-order valence-electron chi connectivity index (χ3n) is 2.17. The molecule has 1 heterocycles. The summed E-state index contributed by atoms with van der Waals surface area (Å²) in [6.45, 7) is -0.271. The van der Waals surface area contributed by atoms with Gasteiger partial charge in [-0.1, -0.05) is 12.1 Å². The van der Waals surface area contributed by atoms with Crippen molar-refractivity contribution in [2.24, 2.45) is 0 Å². The van der Waals surface area contributed by atoms with Gasteiger partial charge in [0.05, 0.1) is 17.7 Å². The van der Waals surface area contributed by atoms with Gasteiger partial charge in [-0.2, -0.15) is 0 Å². The first-order chi connectivity index (χ1) is 7.61. The summed E-state index contributed by atoms with van der Waals surface area (Å²) in [6.07, 6.45) is 0. The Kier molecular flexibility index (Phi) is 2.72. The summed E-state index contributed by atoms with van der Waals surface area (Å²) >= 11 is 5.11. The average Bonchev–Trinajstić information content (AvgIpc) is 2.50. The summed E-state index contributed by atoms with van der Waals surface area (Å²) in [5.74, 6) is -0.947. The van der Waals surface area contributed by atoms with Gasteiger partial charge < -0.3 is 0 Å². The summed E-state index contributed by atoms with van der Waals surface area (Å²) < 4.78 is 0. The third kappa shape index (κ3) is 1.70. The highest BCUT2D eigenvalue weighted by atomic mass is 35.5. The van der Waals surface area contributed by atoms with Crippen LogP contribution in [0.15, 0.2) is 24.3 Å². The minimum Gasteiger partial charge on any atom is -0.280 e. The van der Waals surface area contributed by atoms with Gasteiger partial charge in [-0.05, 0) is 23.7 Å². The maximum atomic E-state index is 11.7. The lowest BCUT2D eigenvalue weighted by Crippen LogP contribution is -2.44. The van der Waals surface area contributed by atoms with Gasteiger partial charge in [0, 0.05) is 0 Å². The number of halogens is 1. The van der Waals surface area contributed by atoms with E-state index in [-0.39, 0.29) is 6.54 Å². The Hall–Kier alpha value is -1.72. The minimum absolute atomic E-state index is 0.271. The molecule has 1 aromatic rings. The molecule has 0 atom stereocenters. The molecule has 2 amide bonds. The van der Waals surface area contributed by atoms with Crippen LogP contribution in [-0.4, -0.2) is 28.6 Å². The molecule has 82 valence electrons. The zero-order valence-corrected chi connectivity index (χ0v) is 8.82. The number of hydrogen-bond acceptors (Lipinski definition) is 4. The van der Waals surface area contributed by atoms with E-state index in [2.05, 4.69) is 5.43 Å². The van der Waals surface area contributed by atoms with Gasteiger partial charge in [0.25, 0.3) is 11.8 Å². The number of hydrazine groups is 1. The average molecular weight is 239 g/mol. The summed E-state index contributed by atoms with van der Waals surface area (Å²) in [5.41, 5.74) is 3.02. The number of carbonyl (C=O) groups excluding carboxylic acids is 3. The molecule has 1 aliphatic rings. The van der Waals surface area contributed by atoms with Crippen molar-refractivity contribution in [3.05, 3.63) is 35.4 Å². The van der Waals surface area contributed by atoms with E-state index in [0.29, 0.717) is 11.1 Å². The Morgan fingerprint density at radius 1 is 1.19 bits per heavy atom. The molecule has 0 aromatic heterocycles. The van der Waals surface area contributed by atoms with Crippen molar-refractivity contribution in [2.75, 3.05) is 6.54 Å². The second-order valence-corrected chi connectivity index (χ2v) is 3.60. The Labute approximate surface area is 96.0 Å². The molecule has 1 N–H and O–H groups in total. The molecule has 0 radical (unpaired) electrons. The lowest BCUT2D eigenvalue weighted by Gasteiger charge is -2.12. The Balaban J connectivity index is 2.25. The van der Waals surface area contributed by atoms with Gasteiger partial charge >= 0.3 is 0 Å². The normalized spacial score (nSPS) is 14.2. The second-order valence-electron chi connectivity index (χ2n) is 3.18. The van der Waals surface area contributed by atoms with Gasteiger partial charge in [-0.25, -0.2) is 10.4 Å². The first-order valence-electron chi connectivity index (χ1n) is 4.51. The van der Waals surface area contributed by atoms with Crippen LogP contribution >= 0.6 is 11.6 Å². The Bertz CT molecular complexity index is 452. The number of imide groups is 1. The van der Waals surface area contributed by atoms with Crippen molar-refractivity contribution in [2.45, 2.75) is 0 Å². The smallest absolute Gasteiger partial charge is 0.276 e.